The van der Waals surface area contributed by atoms with Crippen molar-refractivity contribution < 1.29 is 4.39 Å². The van der Waals surface area contributed by atoms with Crippen LogP contribution < -0.4 is 11.1 Å². The minimum atomic E-state index is -0.262. The summed E-state index contributed by atoms with van der Waals surface area (Å²) in [5, 5.41) is 9.50. The van der Waals surface area contributed by atoms with E-state index in [4.69, 9.17) is 11.1 Å². The van der Waals surface area contributed by atoms with Gasteiger partial charge in [0.2, 0.25) is 0 Å². The van der Waals surface area contributed by atoms with Crippen LogP contribution in [0.15, 0.2) is 24.3 Å². The average Bonchev–Trinajstić information content (AvgIpc) is 2.03. The molecule has 0 aliphatic carbocycles. The highest BCUT2D eigenvalue weighted by atomic mass is 19.1. The number of nitrogens with two attached hydrogens (primary N) is 1. The lowest BCUT2D eigenvalue weighted by atomic mass is 10.2. The Morgan fingerprint density at radius 2 is 2.00 bits per heavy atom. The molecule has 4 N–H and O–H groups in total. The number of benzene rings is 1. The summed E-state index contributed by atoms with van der Waals surface area (Å²) in [5.74, 6) is -0.346. The normalized spacial score (nSPS) is 9.42. The molecule has 0 saturated heterocycles. The van der Waals surface area contributed by atoms with Gasteiger partial charge in [-0.25, -0.2) is 4.39 Å². The van der Waals surface area contributed by atoms with E-state index in [0.717, 1.165) is 5.56 Å². The van der Waals surface area contributed by atoms with Gasteiger partial charge in [0.25, 0.3) is 0 Å². The van der Waals surface area contributed by atoms with Crippen LogP contribution in [0.3, 0.4) is 0 Å². The SMILES string of the molecule is N=C(N)NCc1ccc(F)cc1. The monoisotopic (exact) mass is 167 g/mol. The Balaban J connectivity index is 2.53. The second-order valence-electron chi connectivity index (χ2n) is 2.39. The van der Waals surface area contributed by atoms with Gasteiger partial charge in [0, 0.05) is 6.54 Å². The molecular formula is C8H10FN3. The lowest BCUT2D eigenvalue weighted by molar-refractivity contribution is 0.626. The van der Waals surface area contributed by atoms with Crippen molar-refractivity contribution in [1.29, 1.82) is 5.41 Å². The minimum Gasteiger partial charge on any atom is -0.370 e. The zero-order chi connectivity index (χ0) is 8.97. The molecule has 3 nitrogen and oxygen atoms in total. The third-order valence-electron chi connectivity index (χ3n) is 1.40. The molecule has 0 aromatic heterocycles. The van der Waals surface area contributed by atoms with E-state index in [9.17, 15) is 4.39 Å². The van der Waals surface area contributed by atoms with E-state index >= 15 is 0 Å². The Labute approximate surface area is 69.9 Å². The van der Waals surface area contributed by atoms with Crippen LogP contribution in [0.2, 0.25) is 0 Å². The first-order valence-corrected chi connectivity index (χ1v) is 3.51. The van der Waals surface area contributed by atoms with Crippen LogP contribution in [0.1, 0.15) is 5.56 Å². The molecule has 0 bridgehead atoms. The summed E-state index contributed by atoms with van der Waals surface area (Å²) >= 11 is 0. The quantitative estimate of drug-likeness (QED) is 0.451. The zero-order valence-corrected chi connectivity index (χ0v) is 6.47. The number of hydrogen-bond acceptors (Lipinski definition) is 1. The second-order valence-corrected chi connectivity index (χ2v) is 2.39. The third kappa shape index (κ3) is 2.57. The number of nitrogens with one attached hydrogen (secondary N) is 2. The molecule has 4 heteroatoms. The van der Waals surface area contributed by atoms with Crippen molar-refractivity contribution in [3.63, 3.8) is 0 Å². The maximum atomic E-state index is 12.4. The van der Waals surface area contributed by atoms with Gasteiger partial charge in [0.15, 0.2) is 5.96 Å². The summed E-state index contributed by atoms with van der Waals surface area (Å²) in [6.45, 7) is 0.454. The maximum Gasteiger partial charge on any atom is 0.185 e. The lowest BCUT2D eigenvalue weighted by Crippen LogP contribution is -2.29. The van der Waals surface area contributed by atoms with E-state index < -0.39 is 0 Å². The molecule has 1 aromatic rings. The number of rotatable bonds is 2. The van der Waals surface area contributed by atoms with Gasteiger partial charge in [-0.15, -0.1) is 0 Å². The van der Waals surface area contributed by atoms with Crippen molar-refractivity contribution in [2.45, 2.75) is 6.54 Å². The fraction of sp³-hybridized carbons (Fsp3) is 0.125. The van der Waals surface area contributed by atoms with Crippen LogP contribution in [-0.4, -0.2) is 5.96 Å². The van der Waals surface area contributed by atoms with Gasteiger partial charge in [-0.1, -0.05) is 12.1 Å². The highest BCUT2D eigenvalue weighted by Gasteiger charge is 1.93. The summed E-state index contributed by atoms with van der Waals surface area (Å²) < 4.78 is 12.4. The molecule has 0 radical (unpaired) electrons. The van der Waals surface area contributed by atoms with E-state index in [1.165, 1.54) is 12.1 Å². The number of halogens is 1. The fourth-order valence-corrected chi connectivity index (χ4v) is 0.800. The van der Waals surface area contributed by atoms with Crippen LogP contribution in [0, 0.1) is 11.2 Å². The van der Waals surface area contributed by atoms with Crippen molar-refractivity contribution in [3.05, 3.63) is 35.6 Å². The van der Waals surface area contributed by atoms with Crippen molar-refractivity contribution in [2.24, 2.45) is 5.73 Å². The van der Waals surface area contributed by atoms with Gasteiger partial charge in [-0.05, 0) is 17.7 Å². The molecule has 0 amide bonds. The van der Waals surface area contributed by atoms with Crippen LogP contribution in [0.5, 0.6) is 0 Å². The molecule has 12 heavy (non-hydrogen) atoms. The zero-order valence-electron chi connectivity index (χ0n) is 6.47. The van der Waals surface area contributed by atoms with Crippen molar-refractivity contribution in [2.75, 3.05) is 0 Å². The van der Waals surface area contributed by atoms with Crippen molar-refractivity contribution >= 4 is 5.96 Å². The Hall–Kier alpha value is -1.58. The summed E-state index contributed by atoms with van der Waals surface area (Å²) in [4.78, 5) is 0. The Bertz CT molecular complexity index is 268. The third-order valence-corrected chi connectivity index (χ3v) is 1.40. The summed E-state index contributed by atoms with van der Waals surface area (Å²) in [7, 11) is 0. The highest BCUT2D eigenvalue weighted by molar-refractivity contribution is 5.74. The van der Waals surface area contributed by atoms with Crippen LogP contribution in [0.25, 0.3) is 0 Å². The molecular weight excluding hydrogens is 157 g/mol. The molecule has 0 fully saturated rings. The smallest absolute Gasteiger partial charge is 0.185 e. The highest BCUT2D eigenvalue weighted by Crippen LogP contribution is 2.01. The van der Waals surface area contributed by atoms with Gasteiger partial charge < -0.3 is 11.1 Å². The van der Waals surface area contributed by atoms with E-state index in [2.05, 4.69) is 5.32 Å². The van der Waals surface area contributed by atoms with Gasteiger partial charge in [0.05, 0.1) is 0 Å². The molecule has 1 aromatic carbocycles. The largest absolute Gasteiger partial charge is 0.370 e. The topological polar surface area (TPSA) is 61.9 Å². The van der Waals surface area contributed by atoms with Crippen LogP contribution >= 0.6 is 0 Å². The molecule has 0 atom stereocenters. The van der Waals surface area contributed by atoms with Gasteiger partial charge >= 0.3 is 0 Å². The number of guanidine groups is 1. The van der Waals surface area contributed by atoms with Gasteiger partial charge in [-0.2, -0.15) is 0 Å². The van der Waals surface area contributed by atoms with E-state index in [-0.39, 0.29) is 11.8 Å². The predicted molar refractivity (Wildman–Crippen MR) is 45.2 cm³/mol. The predicted octanol–water partition coefficient (Wildman–Crippen LogP) is 0.809. The number of hydrogen-bond donors (Lipinski definition) is 3. The summed E-state index contributed by atoms with van der Waals surface area (Å²) in [6, 6.07) is 6.03. The van der Waals surface area contributed by atoms with E-state index in [1.54, 1.807) is 12.1 Å². The molecule has 0 aliphatic rings. The Morgan fingerprint density at radius 1 is 1.42 bits per heavy atom. The first kappa shape index (κ1) is 8.52. The molecule has 0 saturated carbocycles. The molecule has 1 rings (SSSR count). The summed E-state index contributed by atoms with van der Waals surface area (Å²) in [5.41, 5.74) is 5.96. The standard InChI is InChI=1S/C8H10FN3/c9-7-3-1-6(2-4-7)5-12-8(10)11/h1-4H,5H2,(H4,10,11,12). The molecule has 0 heterocycles. The second kappa shape index (κ2) is 3.71. The van der Waals surface area contributed by atoms with Gasteiger partial charge in [0.1, 0.15) is 5.82 Å². The van der Waals surface area contributed by atoms with Crippen molar-refractivity contribution in [3.8, 4) is 0 Å². The molecule has 0 aliphatic heterocycles. The first-order valence-electron chi connectivity index (χ1n) is 3.51. The van der Waals surface area contributed by atoms with Crippen LogP contribution in [-0.2, 0) is 6.54 Å². The van der Waals surface area contributed by atoms with Crippen molar-refractivity contribution in [1.82, 2.24) is 5.32 Å². The summed E-state index contributed by atoms with van der Waals surface area (Å²) in [6.07, 6.45) is 0. The van der Waals surface area contributed by atoms with Gasteiger partial charge in [-0.3, -0.25) is 5.41 Å². The molecule has 64 valence electrons. The van der Waals surface area contributed by atoms with E-state index in [0.29, 0.717) is 6.54 Å². The van der Waals surface area contributed by atoms with E-state index in [1.807, 2.05) is 0 Å². The molecule has 0 spiro atoms. The Kier molecular flexibility index (Phi) is 2.63. The first-order chi connectivity index (χ1) is 5.68. The van der Waals surface area contributed by atoms with Crippen LogP contribution in [0.4, 0.5) is 4.39 Å². The fourth-order valence-electron chi connectivity index (χ4n) is 0.800. The lowest BCUT2D eigenvalue weighted by Gasteiger charge is -2.02. The maximum absolute atomic E-state index is 12.4. The Morgan fingerprint density at radius 3 is 2.50 bits per heavy atom. The average molecular weight is 167 g/mol. The minimum absolute atomic E-state index is 0.0840. The molecule has 0 unspecified atom stereocenters.